The molecule has 0 N–H and O–H groups in total. The van der Waals surface area contributed by atoms with E-state index < -0.39 is 0 Å². The number of imidazole rings is 1. The fourth-order valence-corrected chi connectivity index (χ4v) is 2.79. The number of rotatable bonds is 4. The Hall–Kier alpha value is -1.46. The SMILES string of the molecule is Fc1cc2c(cc1Br)nc(CCCl)n2Cc1ccncc1. The molecule has 1 aromatic carbocycles. The lowest BCUT2D eigenvalue weighted by Gasteiger charge is -2.08. The van der Waals surface area contributed by atoms with Crippen LogP contribution in [-0.2, 0) is 13.0 Å². The Morgan fingerprint density at radius 1 is 1.24 bits per heavy atom. The van der Waals surface area contributed by atoms with Crippen LogP contribution in [0.1, 0.15) is 11.4 Å². The third-order valence-electron chi connectivity index (χ3n) is 3.28. The Morgan fingerprint density at radius 2 is 2.00 bits per heavy atom. The number of aryl methyl sites for hydroxylation is 1. The van der Waals surface area contributed by atoms with Crippen LogP contribution in [0.4, 0.5) is 4.39 Å². The normalized spacial score (nSPS) is 11.2. The van der Waals surface area contributed by atoms with Crippen LogP contribution in [0.15, 0.2) is 41.1 Å². The first-order valence-electron chi connectivity index (χ1n) is 6.48. The molecule has 0 saturated heterocycles. The average Bonchev–Trinajstić information content (AvgIpc) is 2.79. The largest absolute Gasteiger partial charge is 0.323 e. The van der Waals surface area contributed by atoms with E-state index in [9.17, 15) is 4.39 Å². The van der Waals surface area contributed by atoms with E-state index in [0.717, 1.165) is 22.4 Å². The molecule has 0 amide bonds. The number of hydrogen-bond donors (Lipinski definition) is 0. The van der Waals surface area contributed by atoms with Gasteiger partial charge in [0.2, 0.25) is 0 Å². The number of fused-ring (bicyclic) bond motifs is 1. The fourth-order valence-electron chi connectivity index (χ4n) is 2.29. The van der Waals surface area contributed by atoms with Crippen molar-refractivity contribution in [2.45, 2.75) is 13.0 Å². The standard InChI is InChI=1S/C15H12BrClFN3/c16-11-7-13-14(8-12(11)18)21(15(20-13)1-4-17)9-10-2-5-19-6-3-10/h2-3,5-8H,1,4,9H2. The van der Waals surface area contributed by atoms with Gasteiger partial charge in [-0.25, -0.2) is 9.37 Å². The minimum absolute atomic E-state index is 0.296. The highest BCUT2D eigenvalue weighted by Gasteiger charge is 2.13. The summed E-state index contributed by atoms with van der Waals surface area (Å²) in [6, 6.07) is 7.08. The zero-order chi connectivity index (χ0) is 14.8. The molecule has 0 bridgehead atoms. The van der Waals surface area contributed by atoms with E-state index in [2.05, 4.69) is 25.9 Å². The number of aromatic nitrogens is 3. The maximum Gasteiger partial charge on any atom is 0.139 e. The average molecular weight is 369 g/mol. The Morgan fingerprint density at radius 3 is 2.71 bits per heavy atom. The van der Waals surface area contributed by atoms with E-state index in [1.165, 1.54) is 6.07 Å². The van der Waals surface area contributed by atoms with Gasteiger partial charge in [0.05, 0.1) is 15.5 Å². The van der Waals surface area contributed by atoms with Gasteiger partial charge in [0.15, 0.2) is 0 Å². The maximum atomic E-state index is 13.8. The predicted molar refractivity (Wildman–Crippen MR) is 85.2 cm³/mol. The lowest BCUT2D eigenvalue weighted by atomic mass is 10.2. The molecule has 0 radical (unpaired) electrons. The summed E-state index contributed by atoms with van der Waals surface area (Å²) >= 11 is 9.05. The second-order valence-electron chi connectivity index (χ2n) is 4.66. The molecule has 0 saturated carbocycles. The van der Waals surface area contributed by atoms with E-state index in [0.29, 0.717) is 23.3 Å². The summed E-state index contributed by atoms with van der Waals surface area (Å²) in [5, 5.41) is 0. The van der Waals surface area contributed by atoms with Crippen molar-refractivity contribution in [3.8, 4) is 0 Å². The number of benzene rings is 1. The Balaban J connectivity index is 2.13. The molecule has 2 heterocycles. The van der Waals surface area contributed by atoms with E-state index >= 15 is 0 Å². The third kappa shape index (κ3) is 2.94. The van der Waals surface area contributed by atoms with Gasteiger partial charge in [0.25, 0.3) is 0 Å². The summed E-state index contributed by atoms with van der Waals surface area (Å²) in [6.45, 7) is 0.617. The zero-order valence-corrected chi connectivity index (χ0v) is 13.4. The fraction of sp³-hybridized carbons (Fsp3) is 0.200. The number of halogens is 3. The van der Waals surface area contributed by atoms with Gasteiger partial charge in [0, 0.05) is 37.3 Å². The van der Waals surface area contributed by atoms with Crippen molar-refractivity contribution in [3.05, 3.63) is 58.3 Å². The molecule has 3 aromatic rings. The highest BCUT2D eigenvalue weighted by Crippen LogP contribution is 2.25. The number of alkyl halides is 1. The van der Waals surface area contributed by atoms with E-state index in [1.807, 2.05) is 16.7 Å². The van der Waals surface area contributed by atoms with Crippen molar-refractivity contribution in [1.29, 1.82) is 0 Å². The van der Waals surface area contributed by atoms with Gasteiger partial charge < -0.3 is 4.57 Å². The van der Waals surface area contributed by atoms with Crippen LogP contribution in [0.2, 0.25) is 0 Å². The number of pyridine rings is 1. The second-order valence-corrected chi connectivity index (χ2v) is 5.90. The van der Waals surface area contributed by atoms with Crippen LogP contribution in [0.3, 0.4) is 0 Å². The summed E-state index contributed by atoms with van der Waals surface area (Å²) in [5.74, 6) is 1.04. The molecule has 0 fully saturated rings. The molecular weight excluding hydrogens is 357 g/mol. The second kappa shape index (κ2) is 6.12. The molecule has 0 spiro atoms. The lowest BCUT2D eigenvalue weighted by molar-refractivity contribution is 0.621. The van der Waals surface area contributed by atoms with Gasteiger partial charge in [-0.1, -0.05) is 0 Å². The van der Waals surface area contributed by atoms with Crippen molar-refractivity contribution in [2.24, 2.45) is 0 Å². The monoisotopic (exact) mass is 367 g/mol. The molecule has 0 aliphatic carbocycles. The molecule has 0 unspecified atom stereocenters. The molecule has 2 aromatic heterocycles. The predicted octanol–water partition coefficient (Wildman–Crippen LogP) is 4.16. The molecule has 0 aliphatic rings. The van der Waals surface area contributed by atoms with Crippen LogP contribution in [-0.4, -0.2) is 20.4 Å². The van der Waals surface area contributed by atoms with Gasteiger partial charge in [-0.3, -0.25) is 4.98 Å². The van der Waals surface area contributed by atoms with Crippen molar-refractivity contribution < 1.29 is 4.39 Å². The first-order valence-corrected chi connectivity index (χ1v) is 7.81. The molecule has 108 valence electrons. The van der Waals surface area contributed by atoms with Crippen LogP contribution < -0.4 is 0 Å². The molecule has 3 nitrogen and oxygen atoms in total. The lowest BCUT2D eigenvalue weighted by Crippen LogP contribution is -2.06. The summed E-state index contributed by atoms with van der Waals surface area (Å²) < 4.78 is 16.3. The molecule has 21 heavy (non-hydrogen) atoms. The van der Waals surface area contributed by atoms with E-state index in [4.69, 9.17) is 11.6 Å². The van der Waals surface area contributed by atoms with Crippen molar-refractivity contribution >= 4 is 38.6 Å². The highest BCUT2D eigenvalue weighted by molar-refractivity contribution is 9.10. The molecule has 3 rings (SSSR count). The summed E-state index contributed by atoms with van der Waals surface area (Å²) in [7, 11) is 0. The van der Waals surface area contributed by atoms with Crippen molar-refractivity contribution in [2.75, 3.05) is 5.88 Å². The Labute approximate surface area is 134 Å². The highest BCUT2D eigenvalue weighted by atomic mass is 79.9. The van der Waals surface area contributed by atoms with Gasteiger partial charge in [0.1, 0.15) is 11.6 Å². The van der Waals surface area contributed by atoms with Gasteiger partial charge >= 0.3 is 0 Å². The first kappa shape index (κ1) is 14.5. The molecule has 0 atom stereocenters. The van der Waals surface area contributed by atoms with Crippen LogP contribution in [0, 0.1) is 5.82 Å². The minimum Gasteiger partial charge on any atom is -0.323 e. The number of hydrogen-bond acceptors (Lipinski definition) is 2. The summed E-state index contributed by atoms with van der Waals surface area (Å²) in [5.41, 5.74) is 2.62. The van der Waals surface area contributed by atoms with E-state index in [1.54, 1.807) is 18.5 Å². The minimum atomic E-state index is -0.296. The molecule has 6 heteroatoms. The zero-order valence-electron chi connectivity index (χ0n) is 11.1. The first-order chi connectivity index (χ1) is 10.2. The molecule has 0 aliphatic heterocycles. The van der Waals surface area contributed by atoms with Gasteiger partial charge in [-0.2, -0.15) is 0 Å². The van der Waals surface area contributed by atoms with Crippen molar-refractivity contribution in [1.82, 2.24) is 14.5 Å². The smallest absolute Gasteiger partial charge is 0.139 e. The van der Waals surface area contributed by atoms with Crippen molar-refractivity contribution in [3.63, 3.8) is 0 Å². The summed E-state index contributed by atoms with van der Waals surface area (Å²) in [6.07, 6.45) is 4.13. The Kier molecular flexibility index (Phi) is 4.22. The Bertz CT molecular complexity index is 773. The van der Waals surface area contributed by atoms with Crippen LogP contribution in [0.5, 0.6) is 0 Å². The van der Waals surface area contributed by atoms with Gasteiger partial charge in [-0.05, 0) is 39.7 Å². The van der Waals surface area contributed by atoms with Gasteiger partial charge in [-0.15, -0.1) is 11.6 Å². The van der Waals surface area contributed by atoms with Crippen LogP contribution >= 0.6 is 27.5 Å². The quantitative estimate of drug-likeness (QED) is 0.647. The van der Waals surface area contributed by atoms with E-state index in [-0.39, 0.29) is 5.82 Å². The topological polar surface area (TPSA) is 30.7 Å². The third-order valence-corrected chi connectivity index (χ3v) is 4.07. The molecular formula is C15H12BrClFN3. The maximum absolute atomic E-state index is 13.8. The number of nitrogens with zero attached hydrogens (tertiary/aromatic N) is 3. The summed E-state index contributed by atoms with van der Waals surface area (Å²) in [4.78, 5) is 8.58. The van der Waals surface area contributed by atoms with Crippen LogP contribution in [0.25, 0.3) is 11.0 Å².